The number of likely N-dealkylation sites (tertiary alicyclic amines) is 1. The number of allylic oxidation sites excluding steroid dienone is 4. The molecule has 0 bridgehead atoms. The van der Waals surface area contributed by atoms with E-state index in [1.807, 2.05) is 59.6 Å². The molecule has 2 unspecified atom stereocenters. The fraction of sp³-hybridized carbons (Fsp3) is 0.310. The average Bonchev–Trinajstić information content (AvgIpc) is 2.92. The van der Waals surface area contributed by atoms with Gasteiger partial charge in [-0.3, -0.25) is 4.79 Å². The molecule has 178 valence electrons. The van der Waals surface area contributed by atoms with Gasteiger partial charge in [-0.2, -0.15) is 5.26 Å². The number of benzene rings is 2. The highest BCUT2D eigenvalue weighted by atomic mass is 16.5. The first-order valence-corrected chi connectivity index (χ1v) is 12.3. The molecule has 1 aliphatic carbocycles. The number of amides is 1. The lowest BCUT2D eigenvalue weighted by Gasteiger charge is -2.38. The maximum Gasteiger partial charge on any atom is 0.260 e. The summed E-state index contributed by atoms with van der Waals surface area (Å²) in [6.07, 6.45) is 10.6. The third-order valence-corrected chi connectivity index (χ3v) is 6.97. The van der Waals surface area contributed by atoms with Crippen molar-refractivity contribution in [2.24, 2.45) is 11.8 Å². The van der Waals surface area contributed by atoms with Crippen LogP contribution in [0.5, 0.6) is 5.75 Å². The number of carbonyl (C=O) groups is 1. The molecule has 2 heterocycles. The van der Waals surface area contributed by atoms with Gasteiger partial charge in [0.2, 0.25) is 0 Å². The molecule has 2 aromatic carbocycles. The van der Waals surface area contributed by atoms with Crippen LogP contribution in [0.1, 0.15) is 24.0 Å². The molecule has 35 heavy (non-hydrogen) atoms. The van der Waals surface area contributed by atoms with E-state index in [1.54, 1.807) is 0 Å². The number of fused-ring (bicyclic) bond motifs is 1. The van der Waals surface area contributed by atoms with Crippen LogP contribution in [0.3, 0.4) is 0 Å². The van der Waals surface area contributed by atoms with Gasteiger partial charge in [0.05, 0.1) is 11.6 Å². The third-order valence-electron chi connectivity index (χ3n) is 6.97. The number of nitrogens with zero attached hydrogens (tertiary/aromatic N) is 2. The van der Waals surface area contributed by atoms with Crippen LogP contribution < -0.4 is 15.4 Å². The number of nitrogens with one attached hydrogen (secondary N) is 2. The van der Waals surface area contributed by atoms with Crippen molar-refractivity contribution in [2.75, 3.05) is 26.2 Å². The Labute approximate surface area is 206 Å². The summed E-state index contributed by atoms with van der Waals surface area (Å²) in [6.45, 7) is 2.41. The molecule has 1 amide bonds. The molecule has 5 rings (SSSR count). The zero-order valence-electron chi connectivity index (χ0n) is 19.7. The molecule has 2 N–H and O–H groups in total. The van der Waals surface area contributed by atoms with E-state index >= 15 is 0 Å². The number of carbonyl (C=O) groups excluding carboxylic acids is 1. The van der Waals surface area contributed by atoms with Gasteiger partial charge in [0.25, 0.3) is 5.91 Å². The molecule has 0 aromatic heterocycles. The zero-order chi connectivity index (χ0) is 24.0. The zero-order valence-corrected chi connectivity index (χ0v) is 19.7. The molecule has 0 radical (unpaired) electrons. The van der Waals surface area contributed by atoms with Crippen LogP contribution in [0, 0.1) is 23.2 Å². The highest BCUT2D eigenvalue weighted by Crippen LogP contribution is 2.35. The predicted molar refractivity (Wildman–Crippen MR) is 136 cm³/mol. The van der Waals surface area contributed by atoms with E-state index in [1.165, 1.54) is 5.70 Å². The molecular formula is C29H30N4O2. The van der Waals surface area contributed by atoms with Gasteiger partial charge in [-0.05, 0) is 60.5 Å². The molecule has 6 heteroatoms. The Morgan fingerprint density at radius 2 is 1.97 bits per heavy atom. The first kappa shape index (κ1) is 22.8. The quantitative estimate of drug-likeness (QED) is 0.676. The molecule has 3 aliphatic rings. The summed E-state index contributed by atoms with van der Waals surface area (Å²) in [4.78, 5) is 14.5. The Morgan fingerprint density at radius 1 is 1.14 bits per heavy atom. The second-order valence-corrected chi connectivity index (χ2v) is 9.27. The normalized spacial score (nSPS) is 21.6. The Bertz CT molecular complexity index is 1190. The fourth-order valence-corrected chi connectivity index (χ4v) is 5.02. The van der Waals surface area contributed by atoms with E-state index < -0.39 is 0 Å². The Hall–Kier alpha value is -3.98. The van der Waals surface area contributed by atoms with Crippen molar-refractivity contribution in [3.8, 4) is 11.8 Å². The SMILES string of the molecule is N#Cc1cccc(C2=CC3C=CNCC3C(NC3CCN(C(=O)COc4ccccc4)CC3)=C2)c1. The van der Waals surface area contributed by atoms with Gasteiger partial charge >= 0.3 is 0 Å². The summed E-state index contributed by atoms with van der Waals surface area (Å²) in [5.41, 5.74) is 4.10. The van der Waals surface area contributed by atoms with E-state index in [9.17, 15) is 10.1 Å². The van der Waals surface area contributed by atoms with Gasteiger partial charge in [0.15, 0.2) is 6.61 Å². The van der Waals surface area contributed by atoms with E-state index in [-0.39, 0.29) is 12.5 Å². The van der Waals surface area contributed by atoms with Crippen molar-refractivity contribution in [3.05, 3.63) is 95.8 Å². The molecular weight excluding hydrogens is 436 g/mol. The van der Waals surface area contributed by atoms with Gasteiger partial charge in [0.1, 0.15) is 5.75 Å². The van der Waals surface area contributed by atoms with Crippen LogP contribution in [-0.2, 0) is 4.79 Å². The number of ether oxygens (including phenoxy) is 1. The summed E-state index contributed by atoms with van der Waals surface area (Å²) >= 11 is 0. The molecule has 0 spiro atoms. The van der Waals surface area contributed by atoms with Crippen molar-refractivity contribution in [2.45, 2.75) is 18.9 Å². The number of para-hydroxylation sites is 1. The van der Waals surface area contributed by atoms with Crippen molar-refractivity contribution >= 4 is 11.5 Å². The van der Waals surface area contributed by atoms with Crippen molar-refractivity contribution in [1.29, 1.82) is 5.26 Å². The highest BCUT2D eigenvalue weighted by Gasteiger charge is 2.31. The summed E-state index contributed by atoms with van der Waals surface area (Å²) in [5.74, 6) is 1.41. The van der Waals surface area contributed by atoms with Crippen LogP contribution in [0.4, 0.5) is 0 Å². The Morgan fingerprint density at radius 3 is 2.77 bits per heavy atom. The minimum Gasteiger partial charge on any atom is -0.484 e. The molecule has 1 fully saturated rings. The number of nitriles is 1. The van der Waals surface area contributed by atoms with Gasteiger partial charge in [-0.25, -0.2) is 0 Å². The maximum absolute atomic E-state index is 12.6. The van der Waals surface area contributed by atoms with Gasteiger partial charge in [-0.15, -0.1) is 0 Å². The number of piperidine rings is 1. The molecule has 2 atom stereocenters. The number of hydrogen-bond acceptors (Lipinski definition) is 5. The molecule has 2 aromatic rings. The summed E-state index contributed by atoms with van der Waals surface area (Å²) in [7, 11) is 0. The molecule has 6 nitrogen and oxygen atoms in total. The first-order chi connectivity index (χ1) is 17.2. The standard InChI is InChI=1S/C29H30N4O2/c30-18-21-5-4-6-22(15-21)24-16-23-9-12-31-19-27(23)28(17-24)32-25-10-13-33(14-11-25)29(34)20-35-26-7-2-1-3-8-26/h1-9,12,15-17,23,25,27,31-32H,10-11,13-14,19-20H2. The van der Waals surface area contributed by atoms with E-state index in [4.69, 9.17) is 4.74 Å². The van der Waals surface area contributed by atoms with Crippen LogP contribution in [0.15, 0.2) is 84.7 Å². The van der Waals surface area contributed by atoms with Crippen LogP contribution in [-0.4, -0.2) is 43.1 Å². The van der Waals surface area contributed by atoms with Crippen LogP contribution in [0.25, 0.3) is 5.57 Å². The van der Waals surface area contributed by atoms with Crippen LogP contribution >= 0.6 is 0 Å². The average molecular weight is 467 g/mol. The van der Waals surface area contributed by atoms with E-state index in [0.29, 0.717) is 23.4 Å². The first-order valence-electron chi connectivity index (χ1n) is 12.3. The van der Waals surface area contributed by atoms with E-state index in [2.05, 4.69) is 41.0 Å². The molecule has 0 saturated carbocycles. The lowest BCUT2D eigenvalue weighted by Crippen LogP contribution is -2.47. The smallest absolute Gasteiger partial charge is 0.260 e. The second kappa shape index (κ2) is 10.5. The lowest BCUT2D eigenvalue weighted by atomic mass is 9.79. The predicted octanol–water partition coefficient (Wildman–Crippen LogP) is 3.85. The minimum atomic E-state index is 0.0356. The monoisotopic (exact) mass is 466 g/mol. The summed E-state index contributed by atoms with van der Waals surface area (Å²) < 4.78 is 5.64. The number of rotatable bonds is 6. The second-order valence-electron chi connectivity index (χ2n) is 9.27. The molecule has 2 aliphatic heterocycles. The topological polar surface area (TPSA) is 77.4 Å². The van der Waals surface area contributed by atoms with Crippen LogP contribution in [0.2, 0.25) is 0 Å². The minimum absolute atomic E-state index is 0.0356. The Kier molecular flexibility index (Phi) is 6.85. The Balaban J connectivity index is 1.22. The van der Waals surface area contributed by atoms with Gasteiger partial charge < -0.3 is 20.3 Å². The summed E-state index contributed by atoms with van der Waals surface area (Å²) in [5, 5.41) is 16.5. The number of hydrogen-bond donors (Lipinski definition) is 2. The third kappa shape index (κ3) is 5.41. The highest BCUT2D eigenvalue weighted by molar-refractivity contribution is 5.78. The van der Waals surface area contributed by atoms with Gasteiger partial charge in [0, 0.05) is 43.2 Å². The van der Waals surface area contributed by atoms with Crippen molar-refractivity contribution < 1.29 is 9.53 Å². The van der Waals surface area contributed by atoms with Crippen molar-refractivity contribution in [1.82, 2.24) is 15.5 Å². The van der Waals surface area contributed by atoms with Crippen molar-refractivity contribution in [3.63, 3.8) is 0 Å². The largest absolute Gasteiger partial charge is 0.484 e. The fourth-order valence-electron chi connectivity index (χ4n) is 5.02. The van der Waals surface area contributed by atoms with E-state index in [0.717, 1.165) is 49.4 Å². The molecule has 1 saturated heterocycles. The maximum atomic E-state index is 12.6. The van der Waals surface area contributed by atoms with Gasteiger partial charge in [-0.1, -0.05) is 42.5 Å². The lowest BCUT2D eigenvalue weighted by molar-refractivity contribution is -0.134. The summed E-state index contributed by atoms with van der Waals surface area (Å²) in [6, 6.07) is 19.8.